The molecule has 0 saturated heterocycles. The number of nitrogens with zero attached hydrogens (tertiary/aromatic N) is 2. The van der Waals surface area contributed by atoms with Crippen molar-refractivity contribution in [3.8, 4) is 11.3 Å². The number of fused-ring (bicyclic) bond motifs is 1. The smallest absolute Gasteiger partial charge is 0.263 e. The summed E-state index contributed by atoms with van der Waals surface area (Å²) in [5, 5.41) is 3.64. The van der Waals surface area contributed by atoms with E-state index in [1.165, 1.54) is 11.3 Å². The van der Waals surface area contributed by atoms with Gasteiger partial charge in [0.05, 0.1) is 11.6 Å². The second-order valence-corrected chi connectivity index (χ2v) is 7.47. The number of rotatable bonds is 5. The summed E-state index contributed by atoms with van der Waals surface area (Å²) in [7, 11) is 0. The lowest BCUT2D eigenvalue weighted by molar-refractivity contribution is 0.583. The van der Waals surface area contributed by atoms with Crippen molar-refractivity contribution in [1.82, 2.24) is 9.55 Å². The van der Waals surface area contributed by atoms with Gasteiger partial charge in [-0.05, 0) is 12.1 Å². The highest BCUT2D eigenvalue weighted by atomic mass is 32.2. The summed E-state index contributed by atoms with van der Waals surface area (Å²) < 4.78 is 7.12. The number of allylic oxidation sites excluding steroid dienone is 1. The van der Waals surface area contributed by atoms with Gasteiger partial charge in [-0.25, -0.2) is 4.98 Å². The van der Waals surface area contributed by atoms with Crippen LogP contribution in [-0.2, 0) is 6.54 Å². The van der Waals surface area contributed by atoms with E-state index in [4.69, 9.17) is 4.42 Å². The highest BCUT2D eigenvalue weighted by Crippen LogP contribution is 2.32. The van der Waals surface area contributed by atoms with Gasteiger partial charge in [0.2, 0.25) is 0 Å². The zero-order chi connectivity index (χ0) is 15.7. The van der Waals surface area contributed by atoms with Gasteiger partial charge in [-0.2, -0.15) is 0 Å². The Kier molecular flexibility index (Phi) is 4.22. The summed E-state index contributed by atoms with van der Waals surface area (Å²) in [6, 6.07) is 3.67. The molecule has 0 fully saturated rings. The molecule has 0 atom stereocenters. The monoisotopic (exact) mass is 332 g/mol. The molecule has 3 aromatic rings. The van der Waals surface area contributed by atoms with Gasteiger partial charge in [0.1, 0.15) is 10.6 Å². The Balaban J connectivity index is 2.27. The third kappa shape index (κ3) is 2.64. The summed E-state index contributed by atoms with van der Waals surface area (Å²) in [6.07, 6.45) is 3.33. The molecule has 114 valence electrons. The van der Waals surface area contributed by atoms with E-state index in [-0.39, 0.29) is 5.56 Å². The lowest BCUT2D eigenvalue weighted by Crippen LogP contribution is -2.23. The lowest BCUT2D eigenvalue weighted by atomic mass is 10.2. The largest absolute Gasteiger partial charge is 0.464 e. The fourth-order valence-corrected chi connectivity index (χ4v) is 4.04. The van der Waals surface area contributed by atoms with Crippen LogP contribution in [0.15, 0.2) is 50.8 Å². The summed E-state index contributed by atoms with van der Waals surface area (Å²) in [6.45, 7) is 8.36. The normalized spacial score (nSPS) is 11.4. The van der Waals surface area contributed by atoms with E-state index in [2.05, 4.69) is 25.4 Å². The second-order valence-electron chi connectivity index (χ2n) is 5.07. The molecule has 0 aliphatic rings. The van der Waals surface area contributed by atoms with Gasteiger partial charge in [-0.15, -0.1) is 17.9 Å². The predicted molar refractivity (Wildman–Crippen MR) is 92.8 cm³/mol. The standard InChI is InChI=1S/C16H16N2O2S2/c1-4-7-18-15(19)13-11(12-6-5-8-20-12)9-21-14(13)17-16(18)22-10(2)3/h4-6,8-10H,1,7H2,2-3H3. The van der Waals surface area contributed by atoms with Crippen LogP contribution < -0.4 is 5.56 Å². The number of aromatic nitrogens is 2. The van der Waals surface area contributed by atoms with Gasteiger partial charge in [-0.3, -0.25) is 9.36 Å². The topological polar surface area (TPSA) is 48.0 Å². The van der Waals surface area contributed by atoms with Crippen LogP contribution in [0.25, 0.3) is 21.5 Å². The van der Waals surface area contributed by atoms with Crippen LogP contribution in [0.3, 0.4) is 0 Å². The Bertz CT molecular complexity index is 860. The average Bonchev–Trinajstić information content (AvgIpc) is 3.10. The molecule has 0 saturated carbocycles. The van der Waals surface area contributed by atoms with Crippen LogP contribution >= 0.6 is 23.1 Å². The molecule has 0 amide bonds. The number of hydrogen-bond donors (Lipinski definition) is 0. The molecule has 4 nitrogen and oxygen atoms in total. The van der Waals surface area contributed by atoms with Crippen molar-refractivity contribution in [2.24, 2.45) is 0 Å². The van der Waals surface area contributed by atoms with Gasteiger partial charge < -0.3 is 4.42 Å². The van der Waals surface area contributed by atoms with Crippen LogP contribution in [-0.4, -0.2) is 14.8 Å². The molecule has 22 heavy (non-hydrogen) atoms. The van der Waals surface area contributed by atoms with Crippen molar-refractivity contribution in [1.29, 1.82) is 0 Å². The van der Waals surface area contributed by atoms with E-state index >= 15 is 0 Å². The molecular formula is C16H16N2O2S2. The summed E-state index contributed by atoms with van der Waals surface area (Å²) in [4.78, 5) is 18.4. The Hall–Kier alpha value is -1.79. The average molecular weight is 332 g/mol. The molecule has 3 aromatic heterocycles. The molecule has 3 rings (SSSR count). The van der Waals surface area contributed by atoms with E-state index in [0.717, 1.165) is 15.6 Å². The molecule has 0 radical (unpaired) electrons. The molecule has 3 heterocycles. The highest BCUT2D eigenvalue weighted by Gasteiger charge is 2.18. The number of furan rings is 1. The number of hydrogen-bond acceptors (Lipinski definition) is 5. The maximum Gasteiger partial charge on any atom is 0.263 e. The van der Waals surface area contributed by atoms with Crippen molar-refractivity contribution in [2.75, 3.05) is 0 Å². The molecule has 6 heteroatoms. The van der Waals surface area contributed by atoms with Gasteiger partial charge in [-0.1, -0.05) is 31.7 Å². The first kappa shape index (κ1) is 15.1. The molecule has 0 spiro atoms. The second kappa shape index (κ2) is 6.14. The van der Waals surface area contributed by atoms with Crippen molar-refractivity contribution in [2.45, 2.75) is 30.8 Å². The third-order valence-corrected chi connectivity index (χ3v) is 4.96. The van der Waals surface area contributed by atoms with Gasteiger partial charge in [0, 0.05) is 22.7 Å². The predicted octanol–water partition coefficient (Wildman–Crippen LogP) is 4.40. The molecule has 0 N–H and O–H groups in total. The van der Waals surface area contributed by atoms with Crippen LogP contribution in [0.4, 0.5) is 0 Å². The van der Waals surface area contributed by atoms with Crippen molar-refractivity contribution in [3.63, 3.8) is 0 Å². The van der Waals surface area contributed by atoms with Crippen LogP contribution in [0.1, 0.15) is 13.8 Å². The minimum atomic E-state index is -0.0410. The minimum absolute atomic E-state index is 0.0410. The summed E-state index contributed by atoms with van der Waals surface area (Å²) in [5.74, 6) is 0.694. The van der Waals surface area contributed by atoms with Gasteiger partial charge in [0.25, 0.3) is 5.56 Å². The van der Waals surface area contributed by atoms with Gasteiger partial charge in [0.15, 0.2) is 5.16 Å². The molecule has 0 aromatic carbocycles. The zero-order valence-corrected chi connectivity index (χ0v) is 14.0. The lowest BCUT2D eigenvalue weighted by Gasteiger charge is -2.11. The van der Waals surface area contributed by atoms with E-state index in [0.29, 0.717) is 22.9 Å². The quantitative estimate of drug-likeness (QED) is 0.394. The number of thiophene rings is 1. The fraction of sp³-hybridized carbons (Fsp3) is 0.250. The minimum Gasteiger partial charge on any atom is -0.464 e. The van der Waals surface area contributed by atoms with E-state index in [1.54, 1.807) is 28.7 Å². The van der Waals surface area contributed by atoms with Crippen LogP contribution in [0, 0.1) is 0 Å². The van der Waals surface area contributed by atoms with Gasteiger partial charge >= 0.3 is 0 Å². The Morgan fingerprint density at radius 3 is 3.00 bits per heavy atom. The first-order chi connectivity index (χ1) is 10.6. The number of thioether (sulfide) groups is 1. The van der Waals surface area contributed by atoms with Crippen LogP contribution in [0.2, 0.25) is 0 Å². The first-order valence-electron chi connectivity index (χ1n) is 6.95. The summed E-state index contributed by atoms with van der Waals surface area (Å²) in [5.41, 5.74) is 0.766. The maximum atomic E-state index is 12.9. The SMILES string of the molecule is C=CCn1c(SC(C)C)nc2scc(-c3ccco3)c2c1=O. The van der Waals surface area contributed by atoms with Crippen LogP contribution in [0.5, 0.6) is 0 Å². The Labute approximate surface area is 136 Å². The zero-order valence-electron chi connectivity index (χ0n) is 12.4. The van der Waals surface area contributed by atoms with E-state index in [9.17, 15) is 4.79 Å². The van der Waals surface area contributed by atoms with E-state index in [1.807, 2.05) is 17.5 Å². The molecule has 0 aliphatic heterocycles. The molecular weight excluding hydrogens is 316 g/mol. The molecule has 0 unspecified atom stereocenters. The maximum absolute atomic E-state index is 12.9. The highest BCUT2D eigenvalue weighted by molar-refractivity contribution is 7.99. The molecule has 0 bridgehead atoms. The Morgan fingerprint density at radius 1 is 1.55 bits per heavy atom. The fourth-order valence-electron chi connectivity index (χ4n) is 2.21. The van der Waals surface area contributed by atoms with E-state index < -0.39 is 0 Å². The van der Waals surface area contributed by atoms with Crippen molar-refractivity contribution < 1.29 is 4.42 Å². The Morgan fingerprint density at radius 2 is 2.36 bits per heavy atom. The first-order valence-corrected chi connectivity index (χ1v) is 8.71. The van der Waals surface area contributed by atoms with Crippen molar-refractivity contribution >= 4 is 33.3 Å². The third-order valence-electron chi connectivity index (χ3n) is 3.10. The van der Waals surface area contributed by atoms with Crippen molar-refractivity contribution in [3.05, 3.63) is 46.8 Å². The summed E-state index contributed by atoms with van der Waals surface area (Å²) >= 11 is 3.06. The molecule has 0 aliphatic carbocycles.